The number of rotatable bonds is 14. The lowest BCUT2D eigenvalue weighted by atomic mass is 10.0. The number of fused-ring (bicyclic) bond motifs is 16. The molecule has 0 spiro atoms. The van der Waals surface area contributed by atoms with Gasteiger partial charge in [0.1, 0.15) is 6.29 Å². The third-order valence-corrected chi connectivity index (χ3v) is 21.3. The molecule has 0 unspecified atom stereocenters. The van der Waals surface area contributed by atoms with Gasteiger partial charge in [-0.3, -0.25) is 65.0 Å². The van der Waals surface area contributed by atoms with Crippen molar-refractivity contribution in [3.63, 3.8) is 0 Å². The second-order valence-corrected chi connectivity index (χ2v) is 29.8. The molecular weight excluding hydrogens is 1650 g/mol. The number of anilines is 4. The van der Waals surface area contributed by atoms with Gasteiger partial charge < -0.3 is 47.6 Å². The van der Waals surface area contributed by atoms with Crippen LogP contribution in [0.4, 0.5) is 51.2 Å². The van der Waals surface area contributed by atoms with Crippen molar-refractivity contribution in [2.24, 2.45) is 0 Å². The van der Waals surface area contributed by atoms with Gasteiger partial charge in [-0.05, 0) is 251 Å². The molecule has 0 fully saturated rings. The fraction of sp³-hybridized carbons (Fsp3) is 0.0202. The molecule has 31 heteroatoms. The van der Waals surface area contributed by atoms with Gasteiger partial charge in [0, 0.05) is 191 Å². The van der Waals surface area contributed by atoms with Crippen molar-refractivity contribution >= 4 is 162 Å². The lowest BCUT2D eigenvalue weighted by molar-refractivity contribution is -0.385. The van der Waals surface area contributed by atoms with Crippen LogP contribution in [0.25, 0.3) is 182 Å². The third-order valence-electron chi connectivity index (χ3n) is 21.3. The second-order valence-electron chi connectivity index (χ2n) is 29.8. The Hall–Kier alpha value is -18.8. The number of ether oxygens (including phenoxy) is 1. The van der Waals surface area contributed by atoms with Crippen LogP contribution in [0.15, 0.2) is 267 Å². The summed E-state index contributed by atoms with van der Waals surface area (Å²) in [5.41, 5.74) is 51.3. The Morgan fingerprint density at radius 2 is 0.400 bits per heavy atom. The average Bonchev–Trinajstić information content (AvgIpc) is 1.61. The molecule has 16 bridgehead atoms. The summed E-state index contributed by atoms with van der Waals surface area (Å²) in [6, 6.07) is 77.2. The van der Waals surface area contributed by atoms with Gasteiger partial charge in [0.15, 0.2) is 0 Å². The van der Waals surface area contributed by atoms with E-state index in [0.29, 0.717) is 124 Å². The molecular formula is C99H71N17O14. The van der Waals surface area contributed by atoms with E-state index in [0.717, 1.165) is 89.4 Å². The quantitative estimate of drug-likeness (QED) is 0.0125. The summed E-state index contributed by atoms with van der Waals surface area (Å²) in [6.45, 7) is 2.36. The molecule has 636 valence electrons. The smallest absolute Gasteiger partial charge is 0.310 e. The van der Waals surface area contributed by atoms with Gasteiger partial charge in [0.25, 0.3) is 28.4 Å². The Bertz CT molecular complexity index is 6810. The minimum atomic E-state index is -0.562. The van der Waals surface area contributed by atoms with E-state index in [1.54, 1.807) is 48.5 Å². The van der Waals surface area contributed by atoms with Crippen molar-refractivity contribution in [3.8, 4) is 89.0 Å². The number of nitro groups is 5. The van der Waals surface area contributed by atoms with E-state index < -0.39 is 36.6 Å². The van der Waals surface area contributed by atoms with Crippen molar-refractivity contribution < 1.29 is 43.7 Å². The Morgan fingerprint density at radius 1 is 0.254 bits per heavy atom. The number of hydrogen-bond acceptors (Lipinski definition) is 22. The number of nitrogens with zero attached hydrogens (tertiary/aromatic N) is 9. The van der Waals surface area contributed by atoms with Crippen molar-refractivity contribution in [1.29, 1.82) is 0 Å². The number of nitro benzene ring substituents is 5. The molecule has 10 heterocycles. The van der Waals surface area contributed by atoms with Gasteiger partial charge in [0.2, 0.25) is 0 Å². The topological polar surface area (TPSA) is 495 Å². The number of esters is 2. The summed E-state index contributed by atoms with van der Waals surface area (Å²) in [5, 5.41) is 56.6. The summed E-state index contributed by atoms with van der Waals surface area (Å²) in [5.74, 6) is -1.12. The summed E-state index contributed by atoms with van der Waals surface area (Å²) in [4.78, 5) is 119. The lowest BCUT2D eigenvalue weighted by Crippen LogP contribution is -2.03. The molecule has 31 nitrogen and oxygen atoms in total. The molecule has 0 aliphatic carbocycles. The van der Waals surface area contributed by atoms with Crippen molar-refractivity contribution in [2.45, 2.75) is 13.8 Å². The summed E-state index contributed by atoms with van der Waals surface area (Å²) in [6.07, 6.45) is 16.2. The van der Waals surface area contributed by atoms with E-state index in [-0.39, 0.29) is 28.4 Å². The van der Waals surface area contributed by atoms with Gasteiger partial charge >= 0.3 is 11.9 Å². The molecule has 4 aliphatic heterocycles. The first-order valence-electron chi connectivity index (χ1n) is 39.9. The molecule has 0 amide bonds. The van der Waals surface area contributed by atoms with Gasteiger partial charge in [-0.15, -0.1) is 0 Å². The highest BCUT2D eigenvalue weighted by Crippen LogP contribution is 2.44. The van der Waals surface area contributed by atoms with E-state index in [1.165, 1.54) is 86.6 Å². The first-order chi connectivity index (χ1) is 62.8. The number of carbonyl (C=O) groups excluding carboxylic acids is 3. The number of H-pyrrole nitrogens is 4. The Balaban J connectivity index is 0.000000161. The predicted molar refractivity (Wildman–Crippen MR) is 506 cm³/mol. The standard InChI is InChI=1S/C44H26N8O8.C44H34N8.C7H5NO3.C4H6O3/c53-49(54)29-9-1-25(2-10-29)41-33-17-19-35(45-33)42(26-3-11-30(12-4-26)50(55)56)37-21-23-39(47-37)44(28-7-15-32(16-8-28)52(59)60)40-24-22-38(48-40)43(36-20-18-34(41)46-36)27-5-13-31(14-6-27)51(57)58;45-29-9-1-25(2-10-29)41-33-17-19-35(49-33)42(26-3-11-30(46)12-4-26)37-21-23-39(51-37)44(28-7-15-32(48)16-8-28)40-24-22-38(52-40)43(36-20-18-34(41)50-36)27-5-13-31(47)14-6-27;9-5-6-1-3-7(4-2-6)8(10)11;1-3(5)7-4(2)6/h1-24,45,48H;1-24,49,52H,45-48H2;1-5H;1-2H3. The molecule has 4 aliphatic rings. The van der Waals surface area contributed by atoms with Crippen LogP contribution < -0.4 is 22.9 Å². The van der Waals surface area contributed by atoms with Crippen LogP contribution in [0.5, 0.6) is 0 Å². The molecule has 0 saturated heterocycles. The molecule has 19 rings (SSSR count). The number of nitrogens with two attached hydrogens (primary N) is 4. The first kappa shape index (κ1) is 84.8. The van der Waals surface area contributed by atoms with E-state index in [2.05, 4.69) is 73.2 Å². The molecule has 9 aromatic carbocycles. The highest BCUT2D eigenvalue weighted by Gasteiger charge is 2.25. The van der Waals surface area contributed by atoms with Gasteiger partial charge in [-0.1, -0.05) is 48.5 Å². The second kappa shape index (κ2) is 36.3. The Kier molecular flexibility index (Phi) is 23.7. The minimum Gasteiger partial charge on any atom is -0.399 e. The lowest BCUT2D eigenvalue weighted by Gasteiger charge is -2.07. The van der Waals surface area contributed by atoms with E-state index in [1.807, 2.05) is 146 Å². The number of carbonyl (C=O) groups is 3. The van der Waals surface area contributed by atoms with Crippen LogP contribution in [0.1, 0.15) is 69.8 Å². The maximum Gasteiger partial charge on any atom is 0.310 e. The number of nitrogens with one attached hydrogen (secondary N) is 4. The van der Waals surface area contributed by atoms with E-state index in [4.69, 9.17) is 42.9 Å². The molecule has 12 N–H and O–H groups in total. The molecule has 0 radical (unpaired) electrons. The molecule has 6 aromatic heterocycles. The minimum absolute atomic E-state index is 0.00407. The normalized spacial score (nSPS) is 11.4. The monoisotopic (exact) mass is 1720 g/mol. The maximum absolute atomic E-state index is 11.6. The largest absolute Gasteiger partial charge is 0.399 e. The number of nitrogen functional groups attached to an aromatic ring is 4. The number of hydrogen-bond donors (Lipinski definition) is 8. The van der Waals surface area contributed by atoms with Crippen molar-refractivity contribution in [2.75, 3.05) is 22.9 Å². The van der Waals surface area contributed by atoms with Gasteiger partial charge in [-0.25, -0.2) is 19.9 Å². The molecule has 0 saturated carbocycles. The number of aldehydes is 1. The van der Waals surface area contributed by atoms with Crippen molar-refractivity contribution in [3.05, 3.63) is 369 Å². The van der Waals surface area contributed by atoms with Gasteiger partial charge in [0.05, 0.1) is 70.2 Å². The highest BCUT2D eigenvalue weighted by atomic mass is 16.6. The highest BCUT2D eigenvalue weighted by molar-refractivity contribution is 6.04. The van der Waals surface area contributed by atoms with Crippen LogP contribution in [-0.2, 0) is 14.3 Å². The summed E-state index contributed by atoms with van der Waals surface area (Å²) in [7, 11) is 0. The van der Waals surface area contributed by atoms with Crippen LogP contribution in [-0.4, -0.2) is 82.7 Å². The Labute approximate surface area is 736 Å². The summed E-state index contributed by atoms with van der Waals surface area (Å²) < 4.78 is 3.97. The fourth-order valence-corrected chi connectivity index (χ4v) is 15.3. The third kappa shape index (κ3) is 18.2. The zero-order valence-corrected chi connectivity index (χ0v) is 68.6. The predicted octanol–water partition coefficient (Wildman–Crippen LogP) is 22.1. The van der Waals surface area contributed by atoms with Crippen LogP contribution >= 0.6 is 0 Å². The zero-order valence-electron chi connectivity index (χ0n) is 68.6. The summed E-state index contributed by atoms with van der Waals surface area (Å²) >= 11 is 0. The maximum atomic E-state index is 11.6. The zero-order chi connectivity index (χ0) is 91.1. The molecule has 130 heavy (non-hydrogen) atoms. The first-order valence-corrected chi connectivity index (χ1v) is 39.9. The molecule has 15 aromatic rings. The number of aromatic amines is 4. The van der Waals surface area contributed by atoms with E-state index >= 15 is 0 Å². The van der Waals surface area contributed by atoms with Crippen LogP contribution in [0.2, 0.25) is 0 Å². The van der Waals surface area contributed by atoms with Crippen LogP contribution in [0, 0.1) is 50.6 Å². The van der Waals surface area contributed by atoms with Crippen LogP contribution in [0.3, 0.4) is 0 Å². The number of non-ortho nitro benzene ring substituents is 5. The Morgan fingerprint density at radius 3 is 0.531 bits per heavy atom. The average molecular weight is 1720 g/mol. The van der Waals surface area contributed by atoms with Gasteiger partial charge in [-0.2, -0.15) is 0 Å². The number of benzene rings is 9. The fourth-order valence-electron chi connectivity index (χ4n) is 15.3. The van der Waals surface area contributed by atoms with Crippen molar-refractivity contribution in [1.82, 2.24) is 39.9 Å². The number of aromatic nitrogens is 8. The molecule has 0 atom stereocenters. The SMILES string of the molecule is CC(=O)OC(C)=O.Nc1ccc(-c2c3nc(c(-c4ccc(N)cc4)c4ccc([nH]4)c(-c4ccc(N)cc4)c4nc(c(-c5ccc(N)cc5)c5ccc2[nH]5)C=C4)C=C3)cc1.O=Cc1ccc([N+](=O)[O-])cc1.O=[N+]([O-])c1ccc(-c2c3nc(c(-c4ccc([N+](=O)[O-])cc4)c4ccc([nH]4)c(-c4ccc([N+](=O)[O-])cc4)c4nc(c(-c5ccc([N+](=O)[O-])cc5)c5ccc2[nH]5)C=C4)C=C3)cc1. The van der Waals surface area contributed by atoms with E-state index in [9.17, 15) is 65.0 Å².